The Balaban J connectivity index is 1.86. The molecule has 1 fully saturated rings. The normalized spacial score (nSPS) is 20.1. The Labute approximate surface area is 97.5 Å². The predicted molar refractivity (Wildman–Crippen MR) is 66.1 cm³/mol. The van der Waals surface area contributed by atoms with Crippen molar-refractivity contribution in [2.75, 3.05) is 6.54 Å². The molecule has 0 aromatic heterocycles. The van der Waals surface area contributed by atoms with Crippen molar-refractivity contribution >= 4 is 0 Å². The lowest BCUT2D eigenvalue weighted by atomic mass is 9.64. The van der Waals surface area contributed by atoms with E-state index in [9.17, 15) is 5.11 Å². The van der Waals surface area contributed by atoms with Crippen LogP contribution in [0.3, 0.4) is 0 Å². The molecule has 1 unspecified atom stereocenters. The molecule has 1 atom stereocenters. The summed E-state index contributed by atoms with van der Waals surface area (Å²) in [6.45, 7) is 0.628. The van der Waals surface area contributed by atoms with E-state index >= 15 is 0 Å². The number of benzene rings is 1. The van der Waals surface area contributed by atoms with Crippen LogP contribution in [-0.4, -0.2) is 17.8 Å². The Kier molecular flexibility index (Phi) is 3.62. The van der Waals surface area contributed by atoms with E-state index in [0.29, 0.717) is 6.54 Å². The van der Waals surface area contributed by atoms with Gasteiger partial charge in [0.15, 0.2) is 0 Å². The minimum Gasteiger partial charge on any atom is -0.392 e. The van der Waals surface area contributed by atoms with Crippen LogP contribution in [0, 0.1) is 5.41 Å². The maximum Gasteiger partial charge on any atom is 0.0611 e. The third kappa shape index (κ3) is 2.28. The lowest BCUT2D eigenvalue weighted by Crippen LogP contribution is -2.47. The van der Waals surface area contributed by atoms with Crippen LogP contribution in [0.25, 0.3) is 0 Å². The first-order chi connectivity index (χ1) is 7.77. The van der Waals surface area contributed by atoms with Gasteiger partial charge in [-0.15, -0.1) is 0 Å². The van der Waals surface area contributed by atoms with E-state index in [-0.39, 0.29) is 11.5 Å². The molecule has 1 saturated carbocycles. The Morgan fingerprint density at radius 1 is 1.25 bits per heavy atom. The molecule has 0 saturated heterocycles. The second-order valence-corrected chi connectivity index (χ2v) is 4.96. The molecule has 1 aliphatic carbocycles. The fraction of sp³-hybridized carbons (Fsp3) is 0.571. The Morgan fingerprint density at radius 3 is 2.44 bits per heavy atom. The van der Waals surface area contributed by atoms with Gasteiger partial charge in [-0.05, 0) is 31.2 Å². The number of nitrogens with two attached hydrogens (primary N) is 1. The molecule has 2 rings (SSSR count). The first kappa shape index (κ1) is 11.6. The fourth-order valence-corrected chi connectivity index (χ4v) is 2.56. The molecule has 88 valence electrons. The Bertz CT molecular complexity index is 313. The predicted octanol–water partition coefficient (Wildman–Crippen LogP) is 2.11. The van der Waals surface area contributed by atoms with Crippen LogP contribution in [0.4, 0.5) is 0 Å². The van der Waals surface area contributed by atoms with Gasteiger partial charge in [-0.1, -0.05) is 36.8 Å². The largest absolute Gasteiger partial charge is 0.392 e. The number of aryl methyl sites for hydroxylation is 1. The standard InChI is InChI=1S/C14H21NO/c15-11-14(9-4-10-14)13(16)8-7-12-5-2-1-3-6-12/h1-3,5-6,13,16H,4,7-11,15H2. The van der Waals surface area contributed by atoms with Crippen molar-refractivity contribution in [1.82, 2.24) is 0 Å². The zero-order chi connectivity index (χ0) is 11.4. The lowest BCUT2D eigenvalue weighted by Gasteiger charge is -2.44. The van der Waals surface area contributed by atoms with Crippen molar-refractivity contribution < 1.29 is 5.11 Å². The van der Waals surface area contributed by atoms with Gasteiger partial charge in [0.2, 0.25) is 0 Å². The number of aliphatic hydroxyl groups is 1. The summed E-state index contributed by atoms with van der Waals surface area (Å²) in [6, 6.07) is 10.3. The number of hydrogen-bond acceptors (Lipinski definition) is 2. The second-order valence-electron chi connectivity index (χ2n) is 4.96. The molecule has 2 nitrogen and oxygen atoms in total. The summed E-state index contributed by atoms with van der Waals surface area (Å²) in [5.41, 5.74) is 7.11. The summed E-state index contributed by atoms with van der Waals surface area (Å²) < 4.78 is 0. The van der Waals surface area contributed by atoms with Gasteiger partial charge in [-0.25, -0.2) is 0 Å². The van der Waals surface area contributed by atoms with E-state index in [4.69, 9.17) is 5.73 Å². The quantitative estimate of drug-likeness (QED) is 0.796. The van der Waals surface area contributed by atoms with E-state index in [1.54, 1.807) is 0 Å². The van der Waals surface area contributed by atoms with Crippen LogP contribution in [0.2, 0.25) is 0 Å². The highest BCUT2D eigenvalue weighted by Gasteiger charge is 2.41. The molecule has 0 bridgehead atoms. The zero-order valence-corrected chi connectivity index (χ0v) is 9.73. The maximum absolute atomic E-state index is 10.2. The van der Waals surface area contributed by atoms with Crippen molar-refractivity contribution in [3.8, 4) is 0 Å². The monoisotopic (exact) mass is 219 g/mol. The molecule has 2 heteroatoms. The molecular formula is C14H21NO. The lowest BCUT2D eigenvalue weighted by molar-refractivity contribution is -0.0318. The van der Waals surface area contributed by atoms with Gasteiger partial charge in [-0.3, -0.25) is 0 Å². The van der Waals surface area contributed by atoms with E-state index in [2.05, 4.69) is 12.1 Å². The van der Waals surface area contributed by atoms with Crippen LogP contribution in [0.15, 0.2) is 30.3 Å². The van der Waals surface area contributed by atoms with Crippen molar-refractivity contribution in [1.29, 1.82) is 0 Å². The van der Waals surface area contributed by atoms with Gasteiger partial charge in [0.1, 0.15) is 0 Å². The minimum absolute atomic E-state index is 0.0365. The summed E-state index contributed by atoms with van der Waals surface area (Å²) in [5.74, 6) is 0. The summed E-state index contributed by atoms with van der Waals surface area (Å²) >= 11 is 0. The van der Waals surface area contributed by atoms with Gasteiger partial charge in [0, 0.05) is 12.0 Å². The van der Waals surface area contributed by atoms with E-state index in [1.165, 1.54) is 12.0 Å². The first-order valence-corrected chi connectivity index (χ1v) is 6.19. The first-order valence-electron chi connectivity index (χ1n) is 6.19. The highest BCUT2D eigenvalue weighted by Crippen LogP contribution is 2.44. The Morgan fingerprint density at radius 2 is 1.94 bits per heavy atom. The number of hydrogen-bond donors (Lipinski definition) is 2. The average molecular weight is 219 g/mol. The van der Waals surface area contributed by atoms with Crippen LogP contribution in [-0.2, 0) is 6.42 Å². The molecule has 0 spiro atoms. The highest BCUT2D eigenvalue weighted by atomic mass is 16.3. The topological polar surface area (TPSA) is 46.2 Å². The van der Waals surface area contributed by atoms with E-state index < -0.39 is 0 Å². The van der Waals surface area contributed by atoms with Gasteiger partial charge >= 0.3 is 0 Å². The van der Waals surface area contributed by atoms with Gasteiger partial charge in [0.25, 0.3) is 0 Å². The van der Waals surface area contributed by atoms with Gasteiger partial charge < -0.3 is 10.8 Å². The number of aliphatic hydroxyl groups excluding tert-OH is 1. The van der Waals surface area contributed by atoms with E-state index in [1.807, 2.05) is 18.2 Å². The molecule has 1 aromatic carbocycles. The van der Waals surface area contributed by atoms with Crippen molar-refractivity contribution in [2.45, 2.75) is 38.2 Å². The molecule has 3 N–H and O–H groups in total. The second kappa shape index (κ2) is 4.98. The van der Waals surface area contributed by atoms with Crippen LogP contribution >= 0.6 is 0 Å². The summed E-state index contributed by atoms with van der Waals surface area (Å²) in [4.78, 5) is 0. The summed E-state index contributed by atoms with van der Waals surface area (Å²) in [6.07, 6.45) is 4.97. The van der Waals surface area contributed by atoms with Crippen molar-refractivity contribution in [2.24, 2.45) is 11.1 Å². The van der Waals surface area contributed by atoms with Crippen molar-refractivity contribution in [3.63, 3.8) is 0 Å². The summed E-state index contributed by atoms with van der Waals surface area (Å²) in [5, 5.41) is 10.2. The Hall–Kier alpha value is -0.860. The van der Waals surface area contributed by atoms with Gasteiger partial charge in [0.05, 0.1) is 6.10 Å². The SMILES string of the molecule is NCC1(C(O)CCc2ccccc2)CCC1. The average Bonchev–Trinajstić information content (AvgIpc) is 2.27. The molecular weight excluding hydrogens is 198 g/mol. The zero-order valence-electron chi connectivity index (χ0n) is 9.73. The molecule has 0 heterocycles. The van der Waals surface area contributed by atoms with Crippen LogP contribution < -0.4 is 5.73 Å². The molecule has 0 amide bonds. The smallest absolute Gasteiger partial charge is 0.0611 e. The van der Waals surface area contributed by atoms with E-state index in [0.717, 1.165) is 25.7 Å². The third-order valence-corrected chi connectivity index (χ3v) is 4.01. The molecule has 16 heavy (non-hydrogen) atoms. The maximum atomic E-state index is 10.2. The van der Waals surface area contributed by atoms with Crippen LogP contribution in [0.5, 0.6) is 0 Å². The van der Waals surface area contributed by atoms with Gasteiger partial charge in [-0.2, -0.15) is 0 Å². The van der Waals surface area contributed by atoms with Crippen LogP contribution in [0.1, 0.15) is 31.2 Å². The highest BCUT2D eigenvalue weighted by molar-refractivity contribution is 5.15. The minimum atomic E-state index is -0.230. The fourth-order valence-electron chi connectivity index (χ4n) is 2.56. The molecule has 0 aliphatic heterocycles. The summed E-state index contributed by atoms with van der Waals surface area (Å²) in [7, 11) is 0. The molecule has 1 aromatic rings. The molecule has 1 aliphatic rings. The molecule has 0 radical (unpaired) electrons. The third-order valence-electron chi connectivity index (χ3n) is 4.01. The number of rotatable bonds is 5. The van der Waals surface area contributed by atoms with Crippen molar-refractivity contribution in [3.05, 3.63) is 35.9 Å².